The third kappa shape index (κ3) is 4.21. The van der Waals surface area contributed by atoms with Crippen LogP contribution in [0.25, 0.3) is 0 Å². The number of carbonyl (C=O) groups is 1. The minimum absolute atomic E-state index is 0.223. The quantitative estimate of drug-likeness (QED) is 0.615. The van der Waals surface area contributed by atoms with Crippen molar-refractivity contribution in [2.75, 3.05) is 13.7 Å². The first-order valence-electron chi connectivity index (χ1n) is 6.55. The van der Waals surface area contributed by atoms with E-state index < -0.39 is 8.32 Å². The van der Waals surface area contributed by atoms with Crippen LogP contribution in [0.2, 0.25) is 18.1 Å². The predicted octanol–water partition coefficient (Wildman–Crippen LogP) is 3.30. The van der Waals surface area contributed by atoms with Crippen molar-refractivity contribution in [3.63, 3.8) is 0 Å². The fourth-order valence-corrected chi connectivity index (χ4v) is 2.48. The molecule has 1 rings (SSSR count). The molecule has 0 saturated carbocycles. The Kier molecular flexibility index (Phi) is 4.98. The summed E-state index contributed by atoms with van der Waals surface area (Å²) in [7, 11) is -0.296. The zero-order chi connectivity index (χ0) is 14.7. The monoisotopic (exact) mass is 283 g/mol. The van der Waals surface area contributed by atoms with Crippen LogP contribution in [0.5, 0.6) is 0 Å². The molecule has 0 bridgehead atoms. The van der Waals surface area contributed by atoms with Gasteiger partial charge in [-0.3, -0.25) is 0 Å². The van der Waals surface area contributed by atoms with Crippen molar-refractivity contribution in [2.24, 2.45) is 0 Å². The highest BCUT2D eigenvalue weighted by Crippen LogP contribution is 2.36. The normalized spacial score (nSPS) is 12.5. The van der Waals surface area contributed by atoms with Crippen molar-refractivity contribution in [2.45, 2.75) is 45.4 Å². The summed E-state index contributed by atoms with van der Waals surface area (Å²) in [6.45, 7) is 12.6. The molecule has 1 aromatic rings. The van der Waals surface area contributed by atoms with Gasteiger partial charge in [0.2, 0.25) is 0 Å². The number of esters is 1. The second-order valence-electron chi connectivity index (χ2n) is 6.24. The molecule has 0 radical (unpaired) electrons. The van der Waals surface area contributed by atoms with E-state index in [0.29, 0.717) is 12.2 Å². The molecule has 0 amide bonds. The predicted molar refractivity (Wildman–Crippen MR) is 78.9 cm³/mol. The molecule has 5 heteroatoms. The summed E-state index contributed by atoms with van der Waals surface area (Å²) in [5.41, 5.74) is 0.579. The van der Waals surface area contributed by atoms with E-state index in [2.05, 4.69) is 38.6 Å². The Hall–Kier alpha value is -1.07. The number of nitrogens with zero attached hydrogens (tertiary/aromatic N) is 1. The minimum atomic E-state index is -1.69. The number of hydrogen-bond acceptors (Lipinski definition) is 3. The van der Waals surface area contributed by atoms with Crippen molar-refractivity contribution >= 4 is 14.3 Å². The van der Waals surface area contributed by atoms with E-state index in [9.17, 15) is 4.79 Å². The van der Waals surface area contributed by atoms with E-state index in [1.807, 2.05) is 10.8 Å². The zero-order valence-electron chi connectivity index (χ0n) is 12.8. The lowest BCUT2D eigenvalue weighted by atomic mass is 10.2. The van der Waals surface area contributed by atoms with Gasteiger partial charge < -0.3 is 13.7 Å². The van der Waals surface area contributed by atoms with E-state index in [1.165, 1.54) is 7.11 Å². The van der Waals surface area contributed by atoms with Crippen molar-refractivity contribution < 1.29 is 14.0 Å². The SMILES string of the molecule is COC(=O)c1ccn(CCO[Si](C)(C)C(C)(C)C)c1. The molecule has 19 heavy (non-hydrogen) atoms. The van der Waals surface area contributed by atoms with Gasteiger partial charge >= 0.3 is 5.97 Å². The van der Waals surface area contributed by atoms with Crippen molar-refractivity contribution in [3.8, 4) is 0 Å². The molecule has 4 nitrogen and oxygen atoms in total. The van der Waals surface area contributed by atoms with Crippen molar-refractivity contribution in [1.29, 1.82) is 0 Å². The topological polar surface area (TPSA) is 40.5 Å². The lowest BCUT2D eigenvalue weighted by Crippen LogP contribution is -2.41. The Bertz CT molecular complexity index is 432. The highest BCUT2D eigenvalue weighted by molar-refractivity contribution is 6.74. The molecule has 1 heterocycles. The molecule has 1 aromatic heterocycles. The van der Waals surface area contributed by atoms with Gasteiger partial charge in [0.05, 0.1) is 19.3 Å². The molecule has 108 valence electrons. The van der Waals surface area contributed by atoms with Crippen LogP contribution in [0, 0.1) is 0 Å². The summed E-state index contributed by atoms with van der Waals surface area (Å²) in [4.78, 5) is 11.3. The lowest BCUT2D eigenvalue weighted by Gasteiger charge is -2.36. The summed E-state index contributed by atoms with van der Waals surface area (Å²) < 4.78 is 12.7. The molecular weight excluding hydrogens is 258 g/mol. The third-order valence-electron chi connectivity index (χ3n) is 3.79. The van der Waals surface area contributed by atoms with Gasteiger partial charge in [-0.05, 0) is 24.2 Å². The number of ether oxygens (including phenoxy) is 1. The molecular formula is C14H25NO3Si. The molecule has 0 aromatic carbocycles. The number of aromatic nitrogens is 1. The molecule has 0 spiro atoms. The van der Waals surface area contributed by atoms with Gasteiger partial charge in [0.25, 0.3) is 0 Å². The molecule has 0 atom stereocenters. The number of carbonyl (C=O) groups excluding carboxylic acids is 1. The molecule has 0 aliphatic rings. The van der Waals surface area contributed by atoms with Gasteiger partial charge in [0.15, 0.2) is 8.32 Å². The summed E-state index contributed by atoms with van der Waals surface area (Å²) >= 11 is 0. The first-order chi connectivity index (χ1) is 8.67. The van der Waals surface area contributed by atoms with Crippen LogP contribution in [0.15, 0.2) is 18.5 Å². The van der Waals surface area contributed by atoms with E-state index in [-0.39, 0.29) is 11.0 Å². The van der Waals surface area contributed by atoms with Crippen LogP contribution in [0.3, 0.4) is 0 Å². The molecule has 0 aliphatic carbocycles. The van der Waals surface area contributed by atoms with E-state index in [4.69, 9.17) is 4.43 Å². The summed E-state index contributed by atoms with van der Waals surface area (Å²) in [5.74, 6) is -0.302. The largest absolute Gasteiger partial charge is 0.465 e. The molecule has 0 N–H and O–H groups in total. The Labute approximate surface area is 116 Å². The van der Waals surface area contributed by atoms with Gasteiger partial charge in [-0.2, -0.15) is 0 Å². The van der Waals surface area contributed by atoms with Gasteiger partial charge in [0, 0.05) is 18.9 Å². The highest BCUT2D eigenvalue weighted by Gasteiger charge is 2.36. The van der Waals surface area contributed by atoms with Crippen LogP contribution in [-0.4, -0.2) is 32.6 Å². The van der Waals surface area contributed by atoms with E-state index in [0.717, 1.165) is 6.54 Å². The minimum Gasteiger partial charge on any atom is -0.465 e. The fourth-order valence-electron chi connectivity index (χ4n) is 1.44. The Morgan fingerprint density at radius 2 is 2.00 bits per heavy atom. The Morgan fingerprint density at radius 3 is 2.53 bits per heavy atom. The van der Waals surface area contributed by atoms with Crippen LogP contribution in [0.4, 0.5) is 0 Å². The van der Waals surface area contributed by atoms with Crippen molar-refractivity contribution in [3.05, 3.63) is 24.0 Å². The van der Waals surface area contributed by atoms with Crippen molar-refractivity contribution in [1.82, 2.24) is 4.57 Å². The maximum absolute atomic E-state index is 11.3. The average Bonchev–Trinajstić information content (AvgIpc) is 2.75. The van der Waals surface area contributed by atoms with Crippen LogP contribution < -0.4 is 0 Å². The van der Waals surface area contributed by atoms with Crippen LogP contribution in [-0.2, 0) is 15.7 Å². The third-order valence-corrected chi connectivity index (χ3v) is 8.33. The first-order valence-corrected chi connectivity index (χ1v) is 9.46. The van der Waals surface area contributed by atoms with Crippen LogP contribution in [0.1, 0.15) is 31.1 Å². The van der Waals surface area contributed by atoms with Crippen LogP contribution >= 0.6 is 0 Å². The summed E-state index contributed by atoms with van der Waals surface area (Å²) in [6, 6.07) is 1.76. The lowest BCUT2D eigenvalue weighted by molar-refractivity contribution is 0.0600. The zero-order valence-corrected chi connectivity index (χ0v) is 13.8. The Morgan fingerprint density at radius 1 is 1.37 bits per heavy atom. The number of methoxy groups -OCH3 is 1. The molecule has 0 unspecified atom stereocenters. The smallest absolute Gasteiger partial charge is 0.339 e. The molecule has 0 fully saturated rings. The summed E-state index contributed by atoms with van der Waals surface area (Å²) in [6.07, 6.45) is 3.67. The van der Waals surface area contributed by atoms with Gasteiger partial charge in [-0.25, -0.2) is 4.79 Å². The second-order valence-corrected chi connectivity index (χ2v) is 11.0. The van der Waals surface area contributed by atoms with E-state index in [1.54, 1.807) is 12.3 Å². The fraction of sp³-hybridized carbons (Fsp3) is 0.643. The first kappa shape index (κ1) is 16.0. The number of rotatable bonds is 5. The van der Waals surface area contributed by atoms with Gasteiger partial charge in [-0.1, -0.05) is 20.8 Å². The second kappa shape index (κ2) is 5.92. The summed E-state index contributed by atoms with van der Waals surface area (Å²) in [5, 5.41) is 0.223. The molecule has 0 saturated heterocycles. The maximum Gasteiger partial charge on any atom is 0.339 e. The molecule has 0 aliphatic heterocycles. The van der Waals surface area contributed by atoms with E-state index >= 15 is 0 Å². The standard InChI is InChI=1S/C14H25NO3Si/c1-14(2,3)19(5,6)18-10-9-15-8-7-12(11-15)13(16)17-4/h7-8,11H,9-10H2,1-6H3. The van der Waals surface area contributed by atoms with Gasteiger partial charge in [0.1, 0.15) is 0 Å². The maximum atomic E-state index is 11.3. The highest BCUT2D eigenvalue weighted by atomic mass is 28.4. The Balaban J connectivity index is 2.50. The van der Waals surface area contributed by atoms with Gasteiger partial charge in [-0.15, -0.1) is 0 Å². The average molecular weight is 283 g/mol. The number of hydrogen-bond donors (Lipinski definition) is 0.